The number of allylic oxidation sites excluding steroid dienone is 4. The molecule has 56 heavy (non-hydrogen) atoms. The number of esters is 1. The van der Waals surface area contributed by atoms with Crippen LogP contribution in [-0.4, -0.2) is 121 Å². The van der Waals surface area contributed by atoms with E-state index < -0.39 is 54.6 Å². The van der Waals surface area contributed by atoms with Gasteiger partial charge in [-0.2, -0.15) is 0 Å². The summed E-state index contributed by atoms with van der Waals surface area (Å²) >= 11 is 0. The van der Waals surface area contributed by atoms with Crippen LogP contribution in [0.15, 0.2) is 36.0 Å². The van der Waals surface area contributed by atoms with Gasteiger partial charge < -0.3 is 43.9 Å². The number of likely N-dealkylation sites (tertiary alicyclic amines) is 1. The zero-order chi connectivity index (χ0) is 41.7. The van der Waals surface area contributed by atoms with E-state index in [-0.39, 0.29) is 54.2 Å². The third-order valence-corrected chi connectivity index (χ3v) is 12.3. The second-order valence-corrected chi connectivity index (χ2v) is 16.9. The molecule has 0 bridgehead atoms. The van der Waals surface area contributed by atoms with Gasteiger partial charge in [-0.15, -0.1) is 6.58 Å². The zero-order valence-corrected chi connectivity index (χ0v) is 35.6. The van der Waals surface area contributed by atoms with Crippen LogP contribution in [0.2, 0.25) is 0 Å². The molecule has 320 valence electrons. The van der Waals surface area contributed by atoms with Crippen molar-refractivity contribution >= 4 is 17.7 Å². The number of aliphatic hydroxyl groups is 3. The van der Waals surface area contributed by atoms with Crippen LogP contribution in [0.3, 0.4) is 0 Å². The number of piperidine rings is 1. The molecule has 0 aromatic heterocycles. The maximum atomic E-state index is 13.9. The Kier molecular flexibility index (Phi) is 19.9. The maximum absolute atomic E-state index is 13.9. The molecule has 3 rings (SSSR count). The summed E-state index contributed by atoms with van der Waals surface area (Å²) < 4.78 is 29.2. The van der Waals surface area contributed by atoms with Crippen LogP contribution in [0, 0.1) is 29.6 Å². The monoisotopic (exact) mass is 792 g/mol. The molecule has 1 amide bonds. The van der Waals surface area contributed by atoms with E-state index >= 15 is 0 Å². The van der Waals surface area contributed by atoms with Crippen molar-refractivity contribution in [3.05, 3.63) is 36.0 Å². The number of amides is 1. The molecule has 0 radical (unpaired) electrons. The lowest BCUT2D eigenvalue weighted by Gasteiger charge is -2.41. The molecule has 14 atom stereocenters. The molecule has 0 spiro atoms. The lowest BCUT2D eigenvalue weighted by atomic mass is 9.81. The van der Waals surface area contributed by atoms with Gasteiger partial charge in [-0.3, -0.25) is 9.59 Å². The SMILES string of the molecule is C=CC[C@H](/C=C(\C)C[C@H](C)C[C@H](OC)[C@H]1O[C@H](O)[C@H](C)C[C@@H]1OC)C(=O)C[C@H](O)[C@@H](C)[C@H](OC(=O)[C@@H]1CCCCN1C(C)=O)/C(C)=C/[C@@H]1CC[C@@H](O)[C@H](OC)C1. The molecule has 12 nitrogen and oxygen atoms in total. The first-order valence-corrected chi connectivity index (χ1v) is 20.8. The van der Waals surface area contributed by atoms with Crippen molar-refractivity contribution in [3.8, 4) is 0 Å². The number of ether oxygens (including phenoxy) is 5. The van der Waals surface area contributed by atoms with Crippen LogP contribution in [0.5, 0.6) is 0 Å². The molecule has 2 heterocycles. The Morgan fingerprint density at radius 1 is 0.964 bits per heavy atom. The first-order chi connectivity index (χ1) is 26.5. The fraction of sp³-hybridized carbons (Fsp3) is 0.795. The number of nitrogens with zero attached hydrogens (tertiary/aromatic N) is 1. The second kappa shape index (κ2) is 23.2. The van der Waals surface area contributed by atoms with E-state index in [0.29, 0.717) is 51.5 Å². The molecule has 3 aliphatic rings. The van der Waals surface area contributed by atoms with Gasteiger partial charge in [0, 0.05) is 59.0 Å². The van der Waals surface area contributed by atoms with Crippen LogP contribution >= 0.6 is 0 Å². The molecule has 0 unspecified atom stereocenters. The summed E-state index contributed by atoms with van der Waals surface area (Å²) in [6.07, 6.45) is 7.48. The van der Waals surface area contributed by atoms with E-state index in [0.717, 1.165) is 30.4 Å². The summed E-state index contributed by atoms with van der Waals surface area (Å²) in [5.41, 5.74) is 1.77. The zero-order valence-electron chi connectivity index (χ0n) is 35.6. The lowest BCUT2D eigenvalue weighted by molar-refractivity contribution is -0.254. The lowest BCUT2D eigenvalue weighted by Crippen LogP contribution is -2.51. The smallest absolute Gasteiger partial charge is 0.329 e. The van der Waals surface area contributed by atoms with Gasteiger partial charge in [-0.25, -0.2) is 4.79 Å². The number of aliphatic hydroxyl groups excluding tert-OH is 3. The molecule has 2 aliphatic heterocycles. The fourth-order valence-corrected chi connectivity index (χ4v) is 8.97. The first-order valence-electron chi connectivity index (χ1n) is 20.8. The minimum absolute atomic E-state index is 0.0413. The maximum Gasteiger partial charge on any atom is 0.329 e. The largest absolute Gasteiger partial charge is 0.456 e. The van der Waals surface area contributed by atoms with Crippen molar-refractivity contribution in [2.45, 2.75) is 167 Å². The summed E-state index contributed by atoms with van der Waals surface area (Å²) in [5, 5.41) is 32.4. The van der Waals surface area contributed by atoms with Crippen LogP contribution in [-0.2, 0) is 38.1 Å². The molecule has 0 aromatic rings. The number of carbonyl (C=O) groups excluding carboxylic acids is 3. The van der Waals surface area contributed by atoms with Crippen molar-refractivity contribution < 1.29 is 53.4 Å². The summed E-state index contributed by atoms with van der Waals surface area (Å²) in [5.74, 6) is -1.78. The molecular formula is C44H73NO11. The van der Waals surface area contributed by atoms with Gasteiger partial charge >= 0.3 is 5.97 Å². The number of hydrogen-bond acceptors (Lipinski definition) is 11. The summed E-state index contributed by atoms with van der Waals surface area (Å²) in [4.78, 5) is 41.6. The van der Waals surface area contributed by atoms with Gasteiger partial charge in [0.15, 0.2) is 6.29 Å². The normalized spacial score (nSPS) is 31.1. The number of methoxy groups -OCH3 is 3. The molecule has 3 fully saturated rings. The van der Waals surface area contributed by atoms with Crippen molar-refractivity contribution in [1.29, 1.82) is 0 Å². The second-order valence-electron chi connectivity index (χ2n) is 16.9. The third kappa shape index (κ3) is 13.6. The Hall–Kier alpha value is -2.45. The molecule has 1 saturated carbocycles. The first kappa shape index (κ1) is 47.9. The molecule has 1 aliphatic carbocycles. The topological polar surface area (TPSA) is 161 Å². The highest BCUT2D eigenvalue weighted by Crippen LogP contribution is 2.34. The molecular weight excluding hydrogens is 718 g/mol. The minimum atomic E-state index is -1.12. The number of ketones is 1. The average Bonchev–Trinajstić information content (AvgIpc) is 3.16. The minimum Gasteiger partial charge on any atom is -0.456 e. The van der Waals surface area contributed by atoms with E-state index in [4.69, 9.17) is 23.7 Å². The highest BCUT2D eigenvalue weighted by molar-refractivity contribution is 5.84. The van der Waals surface area contributed by atoms with Gasteiger partial charge in [0.1, 0.15) is 24.0 Å². The number of Topliss-reactive ketones (excluding diaryl/α,β-unsaturated/α-hetero) is 1. The Bertz CT molecular complexity index is 1330. The van der Waals surface area contributed by atoms with Crippen LogP contribution in [0.4, 0.5) is 0 Å². The quantitative estimate of drug-likeness (QED) is 0.102. The van der Waals surface area contributed by atoms with Crippen LogP contribution in [0.25, 0.3) is 0 Å². The molecule has 0 aromatic carbocycles. The van der Waals surface area contributed by atoms with Crippen molar-refractivity contribution in [2.24, 2.45) is 29.6 Å². The van der Waals surface area contributed by atoms with Gasteiger partial charge in [0.25, 0.3) is 0 Å². The van der Waals surface area contributed by atoms with Crippen LogP contribution in [0.1, 0.15) is 112 Å². The van der Waals surface area contributed by atoms with E-state index in [9.17, 15) is 29.7 Å². The van der Waals surface area contributed by atoms with Crippen molar-refractivity contribution in [2.75, 3.05) is 27.9 Å². The Morgan fingerprint density at radius 3 is 2.29 bits per heavy atom. The molecule has 2 saturated heterocycles. The predicted molar refractivity (Wildman–Crippen MR) is 214 cm³/mol. The third-order valence-electron chi connectivity index (χ3n) is 12.3. The summed E-state index contributed by atoms with van der Waals surface area (Å²) in [7, 11) is 4.88. The van der Waals surface area contributed by atoms with E-state index in [1.807, 2.05) is 32.9 Å². The summed E-state index contributed by atoms with van der Waals surface area (Å²) in [6.45, 7) is 15.5. The molecule has 12 heteroatoms. The summed E-state index contributed by atoms with van der Waals surface area (Å²) in [6, 6.07) is -0.705. The van der Waals surface area contributed by atoms with Gasteiger partial charge in [-0.05, 0) is 95.5 Å². The van der Waals surface area contributed by atoms with Crippen molar-refractivity contribution in [1.82, 2.24) is 4.90 Å². The highest BCUT2D eigenvalue weighted by Gasteiger charge is 2.41. The fourth-order valence-electron chi connectivity index (χ4n) is 8.97. The van der Waals surface area contributed by atoms with Gasteiger partial charge in [0.05, 0.1) is 30.5 Å². The van der Waals surface area contributed by atoms with E-state index in [2.05, 4.69) is 13.5 Å². The van der Waals surface area contributed by atoms with Crippen LogP contribution < -0.4 is 0 Å². The number of carbonyl (C=O) groups is 3. The van der Waals surface area contributed by atoms with E-state index in [1.54, 1.807) is 39.2 Å². The average molecular weight is 792 g/mol. The van der Waals surface area contributed by atoms with Crippen molar-refractivity contribution in [3.63, 3.8) is 0 Å². The predicted octanol–water partition coefficient (Wildman–Crippen LogP) is 5.71. The number of rotatable bonds is 20. The Balaban J connectivity index is 1.75. The standard InChI is InChI=1S/C44H73NO11/c1-11-14-33(20-26(2)19-27(3)21-39(53-9)42-40(54-10)23-29(5)43(50)56-42)37(49)25-36(48)30(6)41(28(4)22-32-16-17-35(47)38(24-32)52-8)55-44(51)34-15-12-13-18-45(34)31(7)46/h11,20,22,27,29-30,32-36,38-43,47-48,50H,1,12-19,21,23-25H2,2-10H3/b26-20+,28-22+/t27-,29+,30+,32-,33+,34-,35+,36-,38+,39-,40-,41+,42+,43-/m0/s1. The highest BCUT2D eigenvalue weighted by atomic mass is 16.6. The Morgan fingerprint density at radius 2 is 1.66 bits per heavy atom. The van der Waals surface area contributed by atoms with Gasteiger partial charge in [-0.1, -0.05) is 44.6 Å². The Labute approximate surface area is 336 Å². The van der Waals surface area contributed by atoms with E-state index in [1.165, 1.54) is 6.92 Å². The van der Waals surface area contributed by atoms with Gasteiger partial charge in [0.2, 0.25) is 5.91 Å². The molecule has 3 N–H and O–H groups in total. The number of hydrogen-bond donors (Lipinski definition) is 3.